The lowest BCUT2D eigenvalue weighted by molar-refractivity contribution is 0.322. The molecule has 2 rings (SSSR count). The minimum Gasteiger partial charge on any atom is -0.493 e. The largest absolute Gasteiger partial charge is 0.493 e. The zero-order chi connectivity index (χ0) is 14.4. The Balaban J connectivity index is 1.80. The maximum atomic E-state index is 5.96. The molecule has 1 unspecified atom stereocenters. The number of thiazole rings is 1. The van der Waals surface area contributed by atoms with Gasteiger partial charge in [-0.1, -0.05) is 19.1 Å². The summed E-state index contributed by atoms with van der Waals surface area (Å²) in [5.74, 6) is 0.918. The van der Waals surface area contributed by atoms with Crippen LogP contribution < -0.4 is 10.5 Å². The van der Waals surface area contributed by atoms with E-state index in [2.05, 4.69) is 24.0 Å². The Morgan fingerprint density at radius 3 is 2.65 bits per heavy atom. The topological polar surface area (TPSA) is 48.1 Å². The number of benzene rings is 1. The number of nitrogens with two attached hydrogens (primary N) is 1. The summed E-state index contributed by atoms with van der Waals surface area (Å²) in [5.41, 5.74) is 10.2. The van der Waals surface area contributed by atoms with Crippen molar-refractivity contribution in [2.75, 3.05) is 6.61 Å². The SMILES string of the molecule is CCC(N)Cc1ccc(OCCc2scnc2C)cc1. The summed E-state index contributed by atoms with van der Waals surface area (Å²) in [5, 5.41) is 0. The van der Waals surface area contributed by atoms with Crippen LogP contribution in [0.15, 0.2) is 29.8 Å². The van der Waals surface area contributed by atoms with Gasteiger partial charge in [0, 0.05) is 17.3 Å². The summed E-state index contributed by atoms with van der Waals surface area (Å²) < 4.78 is 5.77. The molecule has 0 aliphatic carbocycles. The number of hydrogen-bond acceptors (Lipinski definition) is 4. The van der Waals surface area contributed by atoms with Crippen LogP contribution in [0.3, 0.4) is 0 Å². The van der Waals surface area contributed by atoms with E-state index >= 15 is 0 Å². The number of rotatable bonds is 7. The van der Waals surface area contributed by atoms with Crippen molar-refractivity contribution in [1.29, 1.82) is 0 Å². The lowest BCUT2D eigenvalue weighted by Crippen LogP contribution is -2.21. The summed E-state index contributed by atoms with van der Waals surface area (Å²) in [4.78, 5) is 5.54. The highest BCUT2D eigenvalue weighted by Crippen LogP contribution is 2.16. The molecule has 1 aromatic heterocycles. The molecule has 0 saturated heterocycles. The summed E-state index contributed by atoms with van der Waals surface area (Å²) >= 11 is 1.69. The molecule has 0 saturated carbocycles. The molecule has 0 radical (unpaired) electrons. The van der Waals surface area contributed by atoms with E-state index < -0.39 is 0 Å². The van der Waals surface area contributed by atoms with Gasteiger partial charge in [0.15, 0.2) is 0 Å². The molecule has 20 heavy (non-hydrogen) atoms. The third-order valence-corrected chi connectivity index (χ3v) is 4.38. The normalized spacial score (nSPS) is 12.3. The first-order valence-corrected chi connectivity index (χ1v) is 7.93. The van der Waals surface area contributed by atoms with Crippen molar-refractivity contribution < 1.29 is 4.74 Å². The van der Waals surface area contributed by atoms with Gasteiger partial charge < -0.3 is 10.5 Å². The maximum absolute atomic E-state index is 5.96. The van der Waals surface area contributed by atoms with Gasteiger partial charge in [-0.15, -0.1) is 11.3 Å². The highest BCUT2D eigenvalue weighted by molar-refractivity contribution is 7.09. The molecule has 0 fully saturated rings. The van der Waals surface area contributed by atoms with E-state index in [1.54, 1.807) is 11.3 Å². The first-order valence-electron chi connectivity index (χ1n) is 7.05. The zero-order valence-corrected chi connectivity index (χ0v) is 13.0. The summed E-state index contributed by atoms with van der Waals surface area (Å²) in [7, 11) is 0. The predicted octanol–water partition coefficient (Wildman–Crippen LogP) is 3.35. The lowest BCUT2D eigenvalue weighted by Gasteiger charge is -2.10. The number of ether oxygens (including phenoxy) is 1. The fourth-order valence-electron chi connectivity index (χ4n) is 2.00. The summed E-state index contributed by atoms with van der Waals surface area (Å²) in [6.07, 6.45) is 2.85. The Labute approximate surface area is 124 Å². The van der Waals surface area contributed by atoms with Crippen LogP contribution >= 0.6 is 11.3 Å². The molecule has 3 nitrogen and oxygen atoms in total. The fraction of sp³-hybridized carbons (Fsp3) is 0.438. The Kier molecular flexibility index (Phi) is 5.56. The van der Waals surface area contributed by atoms with Crippen molar-refractivity contribution in [1.82, 2.24) is 4.98 Å². The number of hydrogen-bond donors (Lipinski definition) is 1. The average Bonchev–Trinajstić information content (AvgIpc) is 2.86. The Morgan fingerprint density at radius 2 is 2.05 bits per heavy atom. The van der Waals surface area contributed by atoms with Crippen molar-refractivity contribution in [2.24, 2.45) is 5.73 Å². The third-order valence-electron chi connectivity index (χ3n) is 3.39. The van der Waals surface area contributed by atoms with Gasteiger partial charge in [-0.05, 0) is 37.5 Å². The molecule has 2 N–H and O–H groups in total. The number of aryl methyl sites for hydroxylation is 1. The summed E-state index contributed by atoms with van der Waals surface area (Å²) in [6.45, 7) is 4.85. The van der Waals surface area contributed by atoms with Crippen LogP contribution in [0.1, 0.15) is 29.5 Å². The van der Waals surface area contributed by atoms with Crippen LogP contribution in [-0.2, 0) is 12.8 Å². The van der Waals surface area contributed by atoms with E-state index in [0.29, 0.717) is 6.61 Å². The molecule has 1 atom stereocenters. The van der Waals surface area contributed by atoms with E-state index in [0.717, 1.165) is 30.7 Å². The van der Waals surface area contributed by atoms with Gasteiger partial charge in [-0.25, -0.2) is 4.98 Å². The molecule has 2 aromatic rings. The van der Waals surface area contributed by atoms with Crippen LogP contribution in [0, 0.1) is 6.92 Å². The first-order chi connectivity index (χ1) is 9.69. The first kappa shape index (κ1) is 15.0. The lowest BCUT2D eigenvalue weighted by atomic mass is 10.0. The average molecular weight is 290 g/mol. The summed E-state index contributed by atoms with van der Waals surface area (Å²) in [6, 6.07) is 8.50. The molecule has 108 valence electrons. The van der Waals surface area contributed by atoms with Crippen LogP contribution in [0.5, 0.6) is 5.75 Å². The van der Waals surface area contributed by atoms with Crippen molar-refractivity contribution >= 4 is 11.3 Å². The van der Waals surface area contributed by atoms with Gasteiger partial charge in [0.05, 0.1) is 17.8 Å². The van der Waals surface area contributed by atoms with Crippen molar-refractivity contribution in [3.8, 4) is 5.75 Å². The number of nitrogens with zero attached hydrogens (tertiary/aromatic N) is 1. The minimum absolute atomic E-state index is 0.246. The minimum atomic E-state index is 0.246. The van der Waals surface area contributed by atoms with Gasteiger partial charge >= 0.3 is 0 Å². The molecule has 0 amide bonds. The monoisotopic (exact) mass is 290 g/mol. The predicted molar refractivity (Wildman–Crippen MR) is 84.5 cm³/mol. The Hall–Kier alpha value is -1.39. The molecule has 0 aliphatic heterocycles. The smallest absolute Gasteiger partial charge is 0.119 e. The van der Waals surface area contributed by atoms with E-state index in [9.17, 15) is 0 Å². The van der Waals surface area contributed by atoms with Crippen molar-refractivity contribution in [3.63, 3.8) is 0 Å². The molecular formula is C16H22N2OS. The maximum Gasteiger partial charge on any atom is 0.119 e. The van der Waals surface area contributed by atoms with Crippen molar-refractivity contribution in [3.05, 3.63) is 45.9 Å². The van der Waals surface area contributed by atoms with Crippen LogP contribution in [0.4, 0.5) is 0 Å². The van der Waals surface area contributed by atoms with Crippen LogP contribution in [0.25, 0.3) is 0 Å². The van der Waals surface area contributed by atoms with E-state index in [1.165, 1.54) is 10.4 Å². The van der Waals surface area contributed by atoms with Gasteiger partial charge in [-0.3, -0.25) is 0 Å². The number of aromatic nitrogens is 1. The molecule has 0 spiro atoms. The van der Waals surface area contributed by atoms with E-state index in [-0.39, 0.29) is 6.04 Å². The molecule has 4 heteroatoms. The van der Waals surface area contributed by atoms with E-state index in [1.807, 2.05) is 24.6 Å². The zero-order valence-electron chi connectivity index (χ0n) is 12.1. The molecule has 0 aliphatic rings. The van der Waals surface area contributed by atoms with Gasteiger partial charge in [0.25, 0.3) is 0 Å². The standard InChI is InChI=1S/C16H22N2OS/c1-3-14(17)10-13-4-6-15(7-5-13)19-9-8-16-12(2)18-11-20-16/h4-7,11,14H,3,8-10,17H2,1-2H3. The van der Waals surface area contributed by atoms with E-state index in [4.69, 9.17) is 10.5 Å². The molecule has 1 aromatic carbocycles. The molecule has 0 bridgehead atoms. The quantitative estimate of drug-likeness (QED) is 0.850. The second kappa shape index (κ2) is 7.41. The highest BCUT2D eigenvalue weighted by atomic mass is 32.1. The Bertz CT molecular complexity index is 522. The van der Waals surface area contributed by atoms with Gasteiger partial charge in [-0.2, -0.15) is 0 Å². The van der Waals surface area contributed by atoms with Gasteiger partial charge in [0.2, 0.25) is 0 Å². The third kappa shape index (κ3) is 4.32. The molecular weight excluding hydrogens is 268 g/mol. The second-order valence-corrected chi connectivity index (χ2v) is 5.92. The Morgan fingerprint density at radius 1 is 1.30 bits per heavy atom. The van der Waals surface area contributed by atoms with Crippen LogP contribution in [-0.4, -0.2) is 17.6 Å². The highest BCUT2D eigenvalue weighted by Gasteiger charge is 2.03. The fourth-order valence-corrected chi connectivity index (χ4v) is 2.76. The van der Waals surface area contributed by atoms with Gasteiger partial charge in [0.1, 0.15) is 5.75 Å². The molecule has 1 heterocycles. The second-order valence-electron chi connectivity index (χ2n) is 4.98. The van der Waals surface area contributed by atoms with Crippen LogP contribution in [0.2, 0.25) is 0 Å². The van der Waals surface area contributed by atoms with Crippen molar-refractivity contribution in [2.45, 2.75) is 39.2 Å².